The van der Waals surface area contributed by atoms with Crippen LogP contribution in [0.3, 0.4) is 0 Å². The molecule has 3 N–H and O–H groups in total. The minimum atomic E-state index is 0.709. The van der Waals surface area contributed by atoms with Crippen LogP contribution >= 0.6 is 0 Å². The molecule has 1 aliphatic heterocycles. The topological polar surface area (TPSA) is 59.7 Å². The molecule has 3 aromatic rings. The lowest BCUT2D eigenvalue weighted by Gasteiger charge is -1.81. The van der Waals surface area contributed by atoms with Crippen molar-refractivity contribution in [3.8, 4) is 0 Å². The Labute approximate surface area is 131 Å². The zero-order valence-electron chi connectivity index (χ0n) is 12.1. The van der Waals surface area contributed by atoms with Crippen LogP contribution in [0.5, 0.6) is 0 Å². The maximum atomic E-state index is 4.00. The lowest BCUT2D eigenvalue weighted by molar-refractivity contribution is 1.24. The summed E-state index contributed by atoms with van der Waals surface area (Å²) in [5.74, 6) is 2.64. The predicted molar refractivity (Wildman–Crippen MR) is 89.4 cm³/mol. The van der Waals surface area contributed by atoms with Gasteiger partial charge >= 0.3 is 0 Å². The minimum Gasteiger partial charge on any atom is -0.362 e. The fourth-order valence-corrected chi connectivity index (χ4v) is 2.28. The molecule has 23 heavy (non-hydrogen) atoms. The molecule has 4 rings (SSSR count). The Bertz CT molecular complexity index is 1220. The largest absolute Gasteiger partial charge is 0.362 e. The summed E-state index contributed by atoms with van der Waals surface area (Å²) in [7, 11) is 0. The maximum absolute atomic E-state index is 4.00. The summed E-state index contributed by atoms with van der Waals surface area (Å²) in [6, 6.07) is 11.9. The van der Waals surface area contributed by atoms with Crippen LogP contribution in [0.25, 0.3) is 17.5 Å². The molecule has 0 unspecified atom stereocenters. The van der Waals surface area contributed by atoms with Crippen molar-refractivity contribution in [1.82, 2.24) is 15.0 Å². The molecule has 0 aromatic carbocycles. The van der Waals surface area contributed by atoms with Crippen LogP contribution in [0, 0.1) is 0 Å². The summed E-state index contributed by atoms with van der Waals surface area (Å²) >= 11 is 0. The molecule has 4 nitrogen and oxygen atoms in total. The lowest BCUT2D eigenvalue weighted by atomic mass is 10.4. The Balaban J connectivity index is 1.82. The molecule has 0 amide bonds. The number of allylic oxidation sites excluding steroid dienone is 1. The van der Waals surface area contributed by atoms with Crippen LogP contribution in [-0.4, -0.2) is 20.8 Å². The average Bonchev–Trinajstić information content (AvgIpc) is 3.31. The van der Waals surface area contributed by atoms with E-state index in [1.165, 1.54) is 0 Å². The molecule has 0 atom stereocenters. The Morgan fingerprint density at radius 3 is 2.57 bits per heavy atom. The Kier molecular flexibility index (Phi) is 3.20. The first-order valence-corrected chi connectivity index (χ1v) is 7.17. The highest BCUT2D eigenvalue weighted by Gasteiger charge is 1.89. The van der Waals surface area contributed by atoms with Gasteiger partial charge in [0.25, 0.3) is 0 Å². The Morgan fingerprint density at radius 1 is 0.957 bits per heavy atom. The molecule has 1 aliphatic rings. The van der Waals surface area contributed by atoms with Crippen molar-refractivity contribution in [3.63, 3.8) is 0 Å². The first-order chi connectivity index (χ1) is 11.3. The molecule has 0 bridgehead atoms. The molecule has 0 fully saturated rings. The second-order valence-corrected chi connectivity index (χ2v) is 5.03. The number of nitrogens with zero attached hydrogens (tertiary/aromatic N) is 1. The van der Waals surface area contributed by atoms with E-state index in [2.05, 4.69) is 43.0 Å². The van der Waals surface area contributed by atoms with Gasteiger partial charge in [-0.2, -0.15) is 4.99 Å². The van der Waals surface area contributed by atoms with Gasteiger partial charge in [0.05, 0.1) is 16.0 Å². The van der Waals surface area contributed by atoms with Gasteiger partial charge in [0, 0.05) is 29.2 Å². The van der Waals surface area contributed by atoms with Crippen LogP contribution in [0.15, 0.2) is 65.1 Å². The summed E-state index contributed by atoms with van der Waals surface area (Å²) in [5, 5.41) is 3.65. The van der Waals surface area contributed by atoms with Gasteiger partial charge in [0.2, 0.25) is 0 Å². The van der Waals surface area contributed by atoms with Gasteiger partial charge in [-0.3, -0.25) is 0 Å². The molecular weight excluding hydrogens is 284 g/mol. The van der Waals surface area contributed by atoms with Crippen LogP contribution < -0.4 is 21.4 Å². The van der Waals surface area contributed by atoms with Crippen LogP contribution in [-0.2, 0) is 0 Å². The third-order valence-electron chi connectivity index (χ3n) is 3.31. The van der Waals surface area contributed by atoms with E-state index in [9.17, 15) is 0 Å². The van der Waals surface area contributed by atoms with Crippen LogP contribution in [0.2, 0.25) is 0 Å². The molecule has 0 saturated heterocycles. The van der Waals surface area contributed by atoms with Crippen LogP contribution in [0.4, 0.5) is 0 Å². The first kappa shape index (κ1) is 13.1. The number of aromatic amines is 3. The minimum absolute atomic E-state index is 0.709. The van der Waals surface area contributed by atoms with E-state index in [4.69, 9.17) is 0 Å². The van der Waals surface area contributed by atoms with Gasteiger partial charge < -0.3 is 15.0 Å². The number of aliphatic imine (C=N–C) groups is 1. The molecule has 108 valence electrons. The second kappa shape index (κ2) is 5.63. The fraction of sp³-hybridized carbons (Fsp3) is 0. The lowest BCUT2D eigenvalue weighted by Crippen LogP contribution is -2.13. The van der Waals surface area contributed by atoms with Gasteiger partial charge in [0.1, 0.15) is 5.70 Å². The monoisotopic (exact) mass is 296 g/mol. The molecule has 4 heteroatoms. The molecule has 0 radical (unpaired) electrons. The normalized spacial score (nSPS) is 12.9. The molecule has 0 aliphatic carbocycles. The van der Waals surface area contributed by atoms with Crippen LogP contribution in [0.1, 0.15) is 5.69 Å². The van der Waals surface area contributed by atoms with E-state index >= 15 is 0 Å². The van der Waals surface area contributed by atoms with E-state index < -0.39 is 0 Å². The third-order valence-corrected chi connectivity index (χ3v) is 3.31. The number of aromatic nitrogens is 3. The van der Waals surface area contributed by atoms with Crippen molar-refractivity contribution < 1.29 is 0 Å². The summed E-state index contributed by atoms with van der Waals surface area (Å²) in [6.45, 7) is 0. The van der Waals surface area contributed by atoms with Crippen molar-refractivity contribution in [1.29, 1.82) is 0 Å². The van der Waals surface area contributed by atoms with Crippen molar-refractivity contribution in [2.75, 3.05) is 0 Å². The van der Waals surface area contributed by atoms with Crippen molar-refractivity contribution in [3.05, 3.63) is 87.2 Å². The average molecular weight is 296 g/mol. The van der Waals surface area contributed by atoms with Crippen molar-refractivity contribution in [2.24, 2.45) is 4.99 Å². The zero-order valence-corrected chi connectivity index (χ0v) is 12.1. The molecule has 3 aromatic heterocycles. The number of H-pyrrole nitrogens is 3. The molecular formula is C19H12N4. The van der Waals surface area contributed by atoms with Gasteiger partial charge in [0.15, 0.2) is 0 Å². The number of nitrogens with one attached hydrogen (secondary N) is 3. The van der Waals surface area contributed by atoms with Gasteiger partial charge in [-0.15, -0.1) is 0 Å². The summed E-state index contributed by atoms with van der Waals surface area (Å²) in [6.07, 6.45) is 5.68. The van der Waals surface area contributed by atoms with Gasteiger partial charge in [-0.1, -0.05) is 11.5 Å². The van der Waals surface area contributed by atoms with Crippen molar-refractivity contribution in [2.45, 2.75) is 0 Å². The van der Waals surface area contributed by atoms with Gasteiger partial charge in [-0.05, 0) is 48.2 Å². The van der Waals surface area contributed by atoms with E-state index in [-0.39, 0.29) is 0 Å². The summed E-state index contributed by atoms with van der Waals surface area (Å²) in [5.41, 5.74) is 11.0. The quantitative estimate of drug-likeness (QED) is 0.526. The molecule has 0 spiro atoms. The smallest absolute Gasteiger partial charge is 0.126 e. The Morgan fingerprint density at radius 2 is 1.78 bits per heavy atom. The van der Waals surface area contributed by atoms with E-state index in [0.717, 1.165) is 27.1 Å². The third kappa shape index (κ3) is 3.02. The van der Waals surface area contributed by atoms with E-state index in [0.29, 0.717) is 5.70 Å². The summed E-state index contributed by atoms with van der Waals surface area (Å²) in [4.78, 5) is 13.7. The summed E-state index contributed by atoms with van der Waals surface area (Å²) < 4.78 is 0. The van der Waals surface area contributed by atoms with E-state index in [1.54, 1.807) is 6.08 Å². The first-order valence-electron chi connectivity index (χ1n) is 7.17. The van der Waals surface area contributed by atoms with Gasteiger partial charge in [-0.25, -0.2) is 0 Å². The number of hydrogen-bond acceptors (Lipinski definition) is 1. The Hall–Kier alpha value is -3.63. The van der Waals surface area contributed by atoms with E-state index in [1.807, 2.05) is 48.7 Å². The standard InChI is InChI=1S/C19H12N4/c1-3-14(20-9-1)11-16-5-7-18(22-16)13-19-8-6-17(23-19)12-15-4-2-10-21-15/h1,3-9,11,20,22-23H. The maximum Gasteiger partial charge on any atom is 0.126 e. The molecule has 0 saturated carbocycles. The fourth-order valence-electron chi connectivity index (χ4n) is 2.28. The predicted octanol–water partition coefficient (Wildman–Crippen LogP) is -0.0912. The second-order valence-electron chi connectivity index (χ2n) is 5.03. The molecule has 4 heterocycles. The van der Waals surface area contributed by atoms with Crippen molar-refractivity contribution >= 4 is 23.4 Å². The zero-order chi connectivity index (χ0) is 15.5. The number of hydrogen-bond donors (Lipinski definition) is 3. The highest BCUT2D eigenvalue weighted by Crippen LogP contribution is 1.95. The number of rotatable bonds is 1. The highest BCUT2D eigenvalue weighted by molar-refractivity contribution is 5.61. The highest BCUT2D eigenvalue weighted by atomic mass is 14.7. The SMILES string of the molecule is C1=C=NC(=C=c2ccc(=C=c3ccc(=Cc4ccc[nH]4)[nH]3)[nH]2)C=1.